The van der Waals surface area contributed by atoms with Crippen LogP contribution in [-0.4, -0.2) is 35.7 Å². The number of carbonyl (C=O) groups excluding carboxylic acids is 1. The number of hydrogen-bond acceptors (Lipinski definition) is 4. The lowest BCUT2D eigenvalue weighted by Gasteiger charge is -2.22. The van der Waals surface area contributed by atoms with E-state index in [0.717, 1.165) is 31.7 Å². The molecule has 0 spiro atoms. The Morgan fingerprint density at radius 2 is 2.24 bits per heavy atom. The van der Waals surface area contributed by atoms with Crippen LogP contribution in [0.2, 0.25) is 0 Å². The molecule has 1 atom stereocenters. The highest BCUT2D eigenvalue weighted by atomic mass is 16.6. The maximum Gasteiger partial charge on any atom is 0.407 e. The van der Waals surface area contributed by atoms with Gasteiger partial charge in [-0.1, -0.05) is 12.1 Å². The molecule has 1 aliphatic heterocycles. The zero-order chi connectivity index (χ0) is 15.5. The van der Waals surface area contributed by atoms with E-state index in [2.05, 4.69) is 16.3 Å². The molecule has 1 amide bonds. The molecule has 0 bridgehead atoms. The van der Waals surface area contributed by atoms with E-state index in [1.54, 1.807) is 0 Å². The Morgan fingerprint density at radius 1 is 1.48 bits per heavy atom. The van der Waals surface area contributed by atoms with Crippen molar-refractivity contribution in [2.45, 2.75) is 45.4 Å². The first-order valence-corrected chi connectivity index (χ1v) is 7.37. The Balaban J connectivity index is 1.80. The van der Waals surface area contributed by atoms with Gasteiger partial charge in [0.25, 0.3) is 0 Å². The molecule has 0 unspecified atom stereocenters. The number of likely N-dealkylation sites (tertiary alicyclic amines) is 1. The highest BCUT2D eigenvalue weighted by molar-refractivity contribution is 5.68. The van der Waals surface area contributed by atoms with Crippen LogP contribution in [0, 0.1) is 0 Å². The molecule has 3 N–H and O–H groups in total. The summed E-state index contributed by atoms with van der Waals surface area (Å²) in [6, 6.07) is 7.90. The predicted octanol–water partition coefficient (Wildman–Crippen LogP) is 2.37. The van der Waals surface area contributed by atoms with Crippen LogP contribution < -0.4 is 11.1 Å². The average Bonchev–Trinajstić information content (AvgIpc) is 2.73. The van der Waals surface area contributed by atoms with Crippen LogP contribution in [-0.2, 0) is 11.3 Å². The summed E-state index contributed by atoms with van der Waals surface area (Å²) in [6.07, 6.45) is 0.506. The van der Waals surface area contributed by atoms with Crippen LogP contribution in [0.4, 0.5) is 10.5 Å². The molecule has 1 saturated heterocycles. The minimum absolute atomic E-state index is 0.0339. The minimum Gasteiger partial charge on any atom is -0.445 e. The van der Waals surface area contributed by atoms with E-state index < -0.39 is 0 Å². The van der Waals surface area contributed by atoms with Crippen molar-refractivity contribution in [2.24, 2.45) is 0 Å². The monoisotopic (exact) mass is 291 g/mol. The van der Waals surface area contributed by atoms with Crippen LogP contribution in [0.1, 0.15) is 32.8 Å². The number of nitrogens with two attached hydrogens (primary N) is 1. The molecule has 116 valence electrons. The lowest BCUT2D eigenvalue weighted by Crippen LogP contribution is -2.42. The molecule has 1 aromatic carbocycles. The quantitative estimate of drug-likeness (QED) is 0.839. The molecule has 0 aromatic heterocycles. The molecule has 0 saturated carbocycles. The molecular weight excluding hydrogens is 266 g/mol. The maximum atomic E-state index is 11.8. The maximum absolute atomic E-state index is 11.8. The largest absolute Gasteiger partial charge is 0.445 e. The van der Waals surface area contributed by atoms with Gasteiger partial charge in [0.2, 0.25) is 0 Å². The van der Waals surface area contributed by atoms with Crippen molar-refractivity contribution in [3.8, 4) is 0 Å². The van der Waals surface area contributed by atoms with E-state index in [1.807, 2.05) is 39.0 Å². The first-order valence-electron chi connectivity index (χ1n) is 7.37. The number of anilines is 1. The average molecular weight is 291 g/mol. The third kappa shape index (κ3) is 5.27. The summed E-state index contributed by atoms with van der Waals surface area (Å²) in [5.74, 6) is 0. The molecule has 1 heterocycles. The third-order valence-corrected chi connectivity index (χ3v) is 3.34. The van der Waals surface area contributed by atoms with Gasteiger partial charge in [0.05, 0.1) is 0 Å². The van der Waals surface area contributed by atoms with E-state index in [-0.39, 0.29) is 17.7 Å². The summed E-state index contributed by atoms with van der Waals surface area (Å²) in [5, 5.41) is 2.82. The van der Waals surface area contributed by atoms with E-state index >= 15 is 0 Å². The van der Waals surface area contributed by atoms with Gasteiger partial charge in [-0.15, -0.1) is 0 Å². The van der Waals surface area contributed by atoms with Crippen molar-refractivity contribution < 1.29 is 9.53 Å². The lowest BCUT2D eigenvalue weighted by molar-refractivity contribution is 0.0937. The Kier molecular flexibility index (Phi) is 4.73. The highest BCUT2D eigenvalue weighted by Crippen LogP contribution is 2.17. The zero-order valence-electron chi connectivity index (χ0n) is 13.1. The predicted molar refractivity (Wildman–Crippen MR) is 83.9 cm³/mol. The van der Waals surface area contributed by atoms with Crippen LogP contribution in [0.15, 0.2) is 24.3 Å². The number of ether oxygens (including phenoxy) is 1. The molecule has 0 radical (unpaired) electrons. The topological polar surface area (TPSA) is 67.6 Å². The molecule has 1 aliphatic rings. The van der Waals surface area contributed by atoms with Gasteiger partial charge in [-0.25, -0.2) is 4.79 Å². The summed E-state index contributed by atoms with van der Waals surface area (Å²) in [4.78, 5) is 14.0. The molecule has 5 nitrogen and oxygen atoms in total. The van der Waals surface area contributed by atoms with Crippen molar-refractivity contribution in [1.29, 1.82) is 0 Å². The number of carbonyl (C=O) groups is 1. The van der Waals surface area contributed by atoms with E-state index in [0.29, 0.717) is 0 Å². The van der Waals surface area contributed by atoms with Crippen molar-refractivity contribution in [3.05, 3.63) is 29.8 Å². The Morgan fingerprint density at radius 3 is 2.90 bits per heavy atom. The standard InChI is InChI=1S/C16H25N3O2/c1-16(2,3)18-15(20)21-14-7-8-19(11-14)10-12-5-4-6-13(17)9-12/h4-6,9,14H,7-8,10-11,17H2,1-3H3,(H,18,20)/t14-/m1/s1. The first-order chi connectivity index (χ1) is 9.82. The Bertz CT molecular complexity index is 497. The number of nitrogens with zero attached hydrogens (tertiary/aromatic N) is 1. The van der Waals surface area contributed by atoms with Crippen LogP contribution in [0.25, 0.3) is 0 Å². The van der Waals surface area contributed by atoms with Gasteiger partial charge in [0, 0.05) is 30.9 Å². The lowest BCUT2D eigenvalue weighted by atomic mass is 10.1. The first kappa shape index (κ1) is 15.6. The minimum atomic E-state index is -0.335. The van der Waals surface area contributed by atoms with E-state index in [9.17, 15) is 4.79 Å². The molecule has 21 heavy (non-hydrogen) atoms. The molecule has 5 heteroatoms. The van der Waals surface area contributed by atoms with Gasteiger partial charge in [0.1, 0.15) is 6.10 Å². The fourth-order valence-corrected chi connectivity index (χ4v) is 2.47. The number of alkyl carbamates (subject to hydrolysis) is 1. The zero-order valence-corrected chi connectivity index (χ0v) is 13.1. The van der Waals surface area contributed by atoms with Gasteiger partial charge in [-0.3, -0.25) is 4.90 Å². The van der Waals surface area contributed by atoms with Gasteiger partial charge in [0.15, 0.2) is 0 Å². The molecular formula is C16H25N3O2. The molecule has 2 rings (SSSR count). The third-order valence-electron chi connectivity index (χ3n) is 3.34. The Labute approximate surface area is 126 Å². The van der Waals surface area contributed by atoms with Crippen molar-refractivity contribution >= 4 is 11.8 Å². The fourth-order valence-electron chi connectivity index (χ4n) is 2.47. The summed E-state index contributed by atoms with van der Waals surface area (Å²) in [6.45, 7) is 8.36. The highest BCUT2D eigenvalue weighted by Gasteiger charge is 2.26. The van der Waals surface area contributed by atoms with E-state index in [4.69, 9.17) is 10.5 Å². The Hall–Kier alpha value is -1.75. The number of nitrogens with one attached hydrogen (secondary N) is 1. The summed E-state index contributed by atoms with van der Waals surface area (Å²) >= 11 is 0. The van der Waals surface area contributed by atoms with Crippen molar-refractivity contribution in [1.82, 2.24) is 10.2 Å². The number of benzene rings is 1. The van der Waals surface area contributed by atoms with Crippen LogP contribution >= 0.6 is 0 Å². The van der Waals surface area contributed by atoms with Crippen LogP contribution in [0.3, 0.4) is 0 Å². The summed E-state index contributed by atoms with van der Waals surface area (Å²) in [5.41, 5.74) is 7.49. The molecule has 0 aliphatic carbocycles. The van der Waals surface area contributed by atoms with Crippen molar-refractivity contribution in [2.75, 3.05) is 18.8 Å². The van der Waals surface area contributed by atoms with Gasteiger partial charge in [-0.2, -0.15) is 0 Å². The molecule has 1 aromatic rings. The summed E-state index contributed by atoms with van der Waals surface area (Å²) in [7, 11) is 0. The number of amides is 1. The van der Waals surface area contributed by atoms with Gasteiger partial charge in [-0.05, 0) is 44.9 Å². The second kappa shape index (κ2) is 6.35. The normalized spacial score (nSPS) is 19.5. The summed E-state index contributed by atoms with van der Waals surface area (Å²) < 4.78 is 5.46. The number of rotatable bonds is 3. The van der Waals surface area contributed by atoms with Gasteiger partial charge < -0.3 is 15.8 Å². The van der Waals surface area contributed by atoms with E-state index in [1.165, 1.54) is 5.56 Å². The second-order valence-corrected chi connectivity index (χ2v) is 6.67. The van der Waals surface area contributed by atoms with Gasteiger partial charge >= 0.3 is 6.09 Å². The van der Waals surface area contributed by atoms with Crippen molar-refractivity contribution in [3.63, 3.8) is 0 Å². The SMILES string of the molecule is CC(C)(C)NC(=O)O[C@@H]1CCN(Cc2cccc(N)c2)C1. The number of nitrogen functional groups attached to an aromatic ring is 1. The number of hydrogen-bond donors (Lipinski definition) is 2. The molecule has 1 fully saturated rings. The smallest absolute Gasteiger partial charge is 0.407 e. The second-order valence-electron chi connectivity index (χ2n) is 6.67. The van der Waals surface area contributed by atoms with Crippen LogP contribution in [0.5, 0.6) is 0 Å². The fraction of sp³-hybridized carbons (Fsp3) is 0.562.